The Labute approximate surface area is 154 Å². The molecule has 0 radical (unpaired) electrons. The van der Waals surface area contributed by atoms with Gasteiger partial charge in [0.2, 0.25) is 11.8 Å². The van der Waals surface area contributed by atoms with Gasteiger partial charge < -0.3 is 20.9 Å². The molecule has 0 saturated heterocycles. The SMILES string of the molecule is N#CC1=C(N)Oc2c(ccc3c(O)cccc23)[C@@]12C(=O)Nc1ccccc12. The fraction of sp³-hybridized carbons (Fsp3) is 0.0476. The molecule has 4 N–H and O–H groups in total. The number of benzene rings is 3. The van der Waals surface area contributed by atoms with Crippen molar-refractivity contribution in [3.63, 3.8) is 0 Å². The van der Waals surface area contributed by atoms with Crippen LogP contribution in [0.5, 0.6) is 11.5 Å². The lowest BCUT2D eigenvalue weighted by Gasteiger charge is -2.34. The highest BCUT2D eigenvalue weighted by Gasteiger charge is 2.56. The molecule has 3 aromatic carbocycles. The Morgan fingerprint density at radius 3 is 2.67 bits per heavy atom. The van der Waals surface area contributed by atoms with Crippen LogP contribution in [-0.2, 0) is 10.2 Å². The maximum absolute atomic E-state index is 13.2. The van der Waals surface area contributed by atoms with Crippen LogP contribution in [0.4, 0.5) is 5.69 Å². The van der Waals surface area contributed by atoms with E-state index >= 15 is 0 Å². The zero-order chi connectivity index (χ0) is 18.8. The Hall–Kier alpha value is -3.98. The lowest BCUT2D eigenvalue weighted by molar-refractivity contribution is -0.118. The van der Waals surface area contributed by atoms with Gasteiger partial charge in [-0.3, -0.25) is 4.79 Å². The van der Waals surface area contributed by atoms with Crippen LogP contribution in [0.3, 0.4) is 0 Å². The lowest BCUT2D eigenvalue weighted by Crippen LogP contribution is -2.42. The van der Waals surface area contributed by atoms with Gasteiger partial charge in [-0.1, -0.05) is 42.5 Å². The summed E-state index contributed by atoms with van der Waals surface area (Å²) in [4.78, 5) is 13.2. The van der Waals surface area contributed by atoms with Crippen LogP contribution in [0.25, 0.3) is 10.8 Å². The Balaban J connectivity index is 1.97. The van der Waals surface area contributed by atoms with Crippen molar-refractivity contribution in [2.24, 2.45) is 5.73 Å². The first-order valence-corrected chi connectivity index (χ1v) is 8.33. The average Bonchev–Trinajstić information content (AvgIpc) is 2.95. The number of rotatable bonds is 0. The number of para-hydroxylation sites is 1. The minimum Gasteiger partial charge on any atom is -0.507 e. The number of hydrogen-bond donors (Lipinski definition) is 3. The van der Waals surface area contributed by atoms with Gasteiger partial charge >= 0.3 is 0 Å². The van der Waals surface area contributed by atoms with Crippen molar-refractivity contribution in [2.75, 3.05) is 5.32 Å². The molecule has 27 heavy (non-hydrogen) atoms. The van der Waals surface area contributed by atoms with Gasteiger partial charge in [-0.25, -0.2) is 0 Å². The highest BCUT2D eigenvalue weighted by atomic mass is 16.5. The number of carbonyl (C=O) groups excluding carboxylic acids is 1. The van der Waals surface area contributed by atoms with Crippen LogP contribution < -0.4 is 15.8 Å². The second-order valence-electron chi connectivity index (χ2n) is 6.52. The molecule has 0 aliphatic carbocycles. The van der Waals surface area contributed by atoms with E-state index in [2.05, 4.69) is 11.4 Å². The summed E-state index contributed by atoms with van der Waals surface area (Å²) in [6.45, 7) is 0. The first kappa shape index (κ1) is 15.3. The van der Waals surface area contributed by atoms with E-state index in [1.165, 1.54) is 0 Å². The lowest BCUT2D eigenvalue weighted by atomic mass is 9.68. The molecule has 0 saturated carbocycles. The molecule has 6 heteroatoms. The summed E-state index contributed by atoms with van der Waals surface area (Å²) in [7, 11) is 0. The zero-order valence-electron chi connectivity index (χ0n) is 14.0. The molecule has 0 aromatic heterocycles. The van der Waals surface area contributed by atoms with E-state index in [9.17, 15) is 15.2 Å². The van der Waals surface area contributed by atoms with Gasteiger partial charge in [-0.05, 0) is 12.1 Å². The summed E-state index contributed by atoms with van der Waals surface area (Å²) in [5.41, 5.74) is 6.57. The zero-order valence-corrected chi connectivity index (χ0v) is 14.0. The summed E-state index contributed by atoms with van der Waals surface area (Å²) in [6, 6.07) is 17.8. The van der Waals surface area contributed by atoms with Crippen LogP contribution in [0.2, 0.25) is 0 Å². The molecule has 2 heterocycles. The number of ether oxygens (including phenoxy) is 1. The fourth-order valence-corrected chi connectivity index (χ4v) is 4.11. The maximum Gasteiger partial charge on any atom is 0.245 e. The van der Waals surface area contributed by atoms with Gasteiger partial charge in [-0.15, -0.1) is 0 Å². The van der Waals surface area contributed by atoms with E-state index in [1.807, 2.05) is 12.1 Å². The molecule has 0 bridgehead atoms. The highest BCUT2D eigenvalue weighted by molar-refractivity contribution is 6.13. The maximum atomic E-state index is 13.2. The number of anilines is 1. The molecular weight excluding hydrogens is 342 g/mol. The third-order valence-corrected chi connectivity index (χ3v) is 5.26. The molecule has 2 aliphatic rings. The number of nitrogens with two attached hydrogens (primary N) is 1. The van der Waals surface area contributed by atoms with Crippen LogP contribution in [0.1, 0.15) is 11.1 Å². The topological polar surface area (TPSA) is 108 Å². The van der Waals surface area contributed by atoms with Crippen LogP contribution >= 0.6 is 0 Å². The number of nitrogens with zero attached hydrogens (tertiary/aromatic N) is 1. The van der Waals surface area contributed by atoms with Crippen LogP contribution in [-0.4, -0.2) is 11.0 Å². The minimum absolute atomic E-state index is 0.0527. The summed E-state index contributed by atoms with van der Waals surface area (Å²) in [6.07, 6.45) is 0. The first-order chi connectivity index (χ1) is 13.1. The normalized spacial score (nSPS) is 20.0. The Morgan fingerprint density at radius 1 is 1.04 bits per heavy atom. The summed E-state index contributed by atoms with van der Waals surface area (Å²) < 4.78 is 5.80. The van der Waals surface area contributed by atoms with Crippen molar-refractivity contribution in [1.29, 1.82) is 5.26 Å². The van der Waals surface area contributed by atoms with Crippen molar-refractivity contribution in [3.8, 4) is 17.6 Å². The van der Waals surface area contributed by atoms with Crippen molar-refractivity contribution in [2.45, 2.75) is 5.41 Å². The number of carbonyl (C=O) groups is 1. The number of fused-ring (bicyclic) bond motifs is 6. The summed E-state index contributed by atoms with van der Waals surface area (Å²) in [5, 5.41) is 24.0. The molecule has 0 unspecified atom stereocenters. The number of nitrogens with one attached hydrogen (secondary N) is 1. The molecule has 1 amide bonds. The molecule has 0 fully saturated rings. The van der Waals surface area contributed by atoms with E-state index in [1.54, 1.807) is 42.5 Å². The molecule has 1 spiro atoms. The number of phenolic OH excluding ortho intramolecular Hbond substituents is 1. The standard InChI is InChI=1S/C21H13N3O3/c22-10-15-19(23)27-18-12-4-3-7-17(25)11(12)8-9-14(18)21(15)13-5-1-2-6-16(13)24-20(21)26/h1-9,25H,23H2,(H,24,26)/t21-/m1/s1. The number of amides is 1. The van der Waals surface area contributed by atoms with E-state index in [0.717, 1.165) is 0 Å². The van der Waals surface area contributed by atoms with Crippen molar-refractivity contribution in [1.82, 2.24) is 0 Å². The number of nitriles is 1. The predicted octanol–water partition coefficient (Wildman–Crippen LogP) is 2.87. The van der Waals surface area contributed by atoms with Gasteiger partial charge in [0.1, 0.15) is 28.6 Å². The van der Waals surface area contributed by atoms with Crippen molar-refractivity contribution in [3.05, 3.63) is 77.2 Å². The second kappa shape index (κ2) is 5.02. The van der Waals surface area contributed by atoms with Gasteiger partial charge in [0, 0.05) is 27.6 Å². The third kappa shape index (κ3) is 1.70. The van der Waals surface area contributed by atoms with Gasteiger partial charge in [-0.2, -0.15) is 5.26 Å². The van der Waals surface area contributed by atoms with Gasteiger partial charge in [0.25, 0.3) is 0 Å². The van der Waals surface area contributed by atoms with E-state index in [-0.39, 0.29) is 23.1 Å². The van der Waals surface area contributed by atoms with E-state index < -0.39 is 5.41 Å². The highest BCUT2D eigenvalue weighted by Crippen LogP contribution is 2.54. The van der Waals surface area contributed by atoms with Crippen molar-refractivity contribution >= 4 is 22.4 Å². The second-order valence-corrected chi connectivity index (χ2v) is 6.52. The molecule has 130 valence electrons. The predicted molar refractivity (Wildman–Crippen MR) is 98.9 cm³/mol. The molecule has 1 atom stereocenters. The molecule has 6 nitrogen and oxygen atoms in total. The average molecular weight is 355 g/mol. The number of hydrogen-bond acceptors (Lipinski definition) is 5. The molecule has 3 aromatic rings. The van der Waals surface area contributed by atoms with E-state index in [0.29, 0.717) is 33.3 Å². The van der Waals surface area contributed by atoms with E-state index in [4.69, 9.17) is 10.5 Å². The van der Waals surface area contributed by atoms with Gasteiger partial charge in [0.15, 0.2) is 0 Å². The summed E-state index contributed by atoms with van der Waals surface area (Å²) in [5.74, 6) is -0.00967. The monoisotopic (exact) mass is 355 g/mol. The number of aromatic hydroxyl groups is 1. The fourth-order valence-electron chi connectivity index (χ4n) is 4.11. The third-order valence-electron chi connectivity index (χ3n) is 5.26. The molecule has 2 aliphatic heterocycles. The van der Waals surface area contributed by atoms with Crippen LogP contribution in [0.15, 0.2) is 66.1 Å². The summed E-state index contributed by atoms with van der Waals surface area (Å²) >= 11 is 0. The van der Waals surface area contributed by atoms with Gasteiger partial charge in [0.05, 0.1) is 0 Å². The van der Waals surface area contributed by atoms with Crippen molar-refractivity contribution < 1.29 is 14.6 Å². The largest absolute Gasteiger partial charge is 0.507 e. The molecular formula is C21H13N3O3. The van der Waals surface area contributed by atoms with Crippen LogP contribution in [0, 0.1) is 11.3 Å². The quantitative estimate of drug-likeness (QED) is 0.575. The minimum atomic E-state index is -1.39. The number of phenols is 1. The smallest absolute Gasteiger partial charge is 0.245 e. The Bertz CT molecular complexity index is 1240. The Morgan fingerprint density at radius 2 is 1.85 bits per heavy atom. The first-order valence-electron chi connectivity index (χ1n) is 8.33. The molecule has 5 rings (SSSR count). The Kier molecular flexibility index (Phi) is 2.84.